The molecule has 1 aromatic carbocycles. The Morgan fingerprint density at radius 3 is 2.44 bits per heavy atom. The summed E-state index contributed by atoms with van der Waals surface area (Å²) < 4.78 is 1.48. The van der Waals surface area contributed by atoms with Crippen LogP contribution in [0.15, 0.2) is 42.7 Å². The van der Waals surface area contributed by atoms with E-state index in [-0.39, 0.29) is 44.0 Å². The number of unbranched alkanes of at least 4 members (excludes halogenated alkanes) is 1. The van der Waals surface area contributed by atoms with Gasteiger partial charge < -0.3 is 36.8 Å². The maximum absolute atomic E-state index is 14.8. The number of carbonyl (C=O) groups is 6. The predicted octanol–water partition coefficient (Wildman–Crippen LogP) is 1.94. The van der Waals surface area contributed by atoms with Crippen LogP contribution in [0.4, 0.5) is 4.79 Å². The summed E-state index contributed by atoms with van der Waals surface area (Å²) in [6.45, 7) is 3.18. The number of nitrogens with zero attached hydrogens (tertiary/aromatic N) is 5. The van der Waals surface area contributed by atoms with E-state index in [1.807, 2.05) is 12.1 Å². The first-order chi connectivity index (χ1) is 25.7. The molecule has 1 unspecified atom stereocenters. The van der Waals surface area contributed by atoms with Crippen molar-refractivity contribution in [2.24, 2.45) is 11.7 Å². The molecule has 1 saturated heterocycles. The minimum absolute atomic E-state index is 0.0107. The summed E-state index contributed by atoms with van der Waals surface area (Å²) in [5.41, 5.74) is 4.48. The number of Topliss-reactive ketones (excluding diaryl/α,β-unsaturated/α-hetero) is 1. The van der Waals surface area contributed by atoms with Gasteiger partial charge in [0.05, 0.1) is 24.0 Å². The average Bonchev–Trinajstić information content (AvgIpc) is 3.82. The van der Waals surface area contributed by atoms with E-state index in [1.54, 1.807) is 32.0 Å². The number of amides is 5. The highest BCUT2D eigenvalue weighted by molar-refractivity contribution is 6.37. The summed E-state index contributed by atoms with van der Waals surface area (Å²) in [6, 6.07) is 4.91. The van der Waals surface area contributed by atoms with E-state index in [9.17, 15) is 33.9 Å². The molecule has 3 heterocycles. The number of aliphatic hydroxyl groups is 1. The van der Waals surface area contributed by atoms with Crippen molar-refractivity contribution in [3.05, 3.63) is 54.1 Å². The molecule has 3 aromatic rings. The lowest BCUT2D eigenvalue weighted by Gasteiger charge is -2.32. The molecule has 0 bridgehead atoms. The van der Waals surface area contributed by atoms with Crippen molar-refractivity contribution in [2.75, 3.05) is 13.1 Å². The lowest BCUT2D eigenvalue weighted by Crippen LogP contribution is -2.56. The quantitative estimate of drug-likeness (QED) is 0.0912. The zero-order valence-electron chi connectivity index (χ0n) is 30.6. The third-order valence-corrected chi connectivity index (χ3v) is 10.3. The number of hydrogen-bond donors (Lipinski definition) is 6. The summed E-state index contributed by atoms with van der Waals surface area (Å²) in [4.78, 5) is 84.3. The first-order valence-electron chi connectivity index (χ1n) is 18.4. The Labute approximate surface area is 312 Å². The van der Waals surface area contributed by atoms with Crippen LogP contribution < -0.4 is 21.7 Å². The SMILES string of the molecule is CC(C)(O)c1cnnn1[C@H]1C[C@@H](C(=O)NC(CCCCNC(=O)O)C(=O)C(N)=O)N(C(=O)[C@@H](CC2CCCCC2)NC(=O)c2nccc3ccccc23)C1. The molecule has 5 rings (SSSR count). The van der Waals surface area contributed by atoms with Crippen molar-refractivity contribution in [3.8, 4) is 0 Å². The number of likely N-dealkylation sites (tertiary alicyclic amines) is 1. The van der Waals surface area contributed by atoms with Gasteiger partial charge in [-0.2, -0.15) is 0 Å². The van der Waals surface area contributed by atoms with Gasteiger partial charge in [-0.1, -0.05) is 61.6 Å². The fraction of sp³-hybridized carbons (Fsp3) is 0.541. The lowest BCUT2D eigenvalue weighted by molar-refractivity contribution is -0.142. The van der Waals surface area contributed by atoms with Crippen molar-refractivity contribution in [1.82, 2.24) is 40.8 Å². The van der Waals surface area contributed by atoms with Crippen LogP contribution in [0.25, 0.3) is 10.8 Å². The van der Waals surface area contributed by atoms with Crippen molar-refractivity contribution in [2.45, 2.75) is 108 Å². The molecule has 17 heteroatoms. The zero-order valence-corrected chi connectivity index (χ0v) is 30.6. The first-order valence-corrected chi connectivity index (χ1v) is 18.4. The maximum atomic E-state index is 14.8. The second kappa shape index (κ2) is 17.6. The molecular formula is C37H49N9O8. The average molecular weight is 748 g/mol. The summed E-state index contributed by atoms with van der Waals surface area (Å²) in [5, 5.41) is 37.1. The molecule has 1 saturated carbocycles. The monoisotopic (exact) mass is 747 g/mol. The van der Waals surface area contributed by atoms with Crippen molar-refractivity contribution < 1.29 is 39.0 Å². The van der Waals surface area contributed by atoms with Crippen LogP contribution in [0.5, 0.6) is 0 Å². The van der Waals surface area contributed by atoms with Gasteiger partial charge in [-0.05, 0) is 56.9 Å². The number of aromatic nitrogens is 4. The van der Waals surface area contributed by atoms with Crippen LogP contribution in [-0.2, 0) is 24.8 Å². The summed E-state index contributed by atoms with van der Waals surface area (Å²) in [5.74, 6) is -3.92. The van der Waals surface area contributed by atoms with Gasteiger partial charge >= 0.3 is 6.09 Å². The Bertz CT molecular complexity index is 1850. The first kappa shape index (κ1) is 39.8. The Balaban J connectivity index is 1.45. The molecule has 2 fully saturated rings. The van der Waals surface area contributed by atoms with Gasteiger partial charge in [0.25, 0.3) is 11.8 Å². The number of carbonyl (C=O) groups excluding carboxylic acids is 5. The topological polar surface area (TPSA) is 252 Å². The highest BCUT2D eigenvalue weighted by Crippen LogP contribution is 2.34. The van der Waals surface area contributed by atoms with E-state index in [0.29, 0.717) is 23.9 Å². The lowest BCUT2D eigenvalue weighted by atomic mass is 9.84. The normalized spacial score (nSPS) is 18.8. The van der Waals surface area contributed by atoms with Crippen LogP contribution in [0, 0.1) is 5.92 Å². The minimum atomic E-state index is -1.36. The van der Waals surface area contributed by atoms with Crippen LogP contribution in [0.1, 0.15) is 100 Å². The Morgan fingerprint density at radius 1 is 1.00 bits per heavy atom. The fourth-order valence-corrected chi connectivity index (χ4v) is 7.52. The minimum Gasteiger partial charge on any atom is -0.465 e. The molecule has 17 nitrogen and oxygen atoms in total. The zero-order chi connectivity index (χ0) is 39.0. The number of nitrogens with one attached hydrogen (secondary N) is 3. The molecule has 7 N–H and O–H groups in total. The molecule has 4 atom stereocenters. The molecule has 0 spiro atoms. The van der Waals surface area contributed by atoms with E-state index < -0.39 is 65.3 Å². The largest absolute Gasteiger partial charge is 0.465 e. The van der Waals surface area contributed by atoms with Crippen LogP contribution in [0.3, 0.4) is 0 Å². The molecule has 0 radical (unpaired) electrons. The van der Waals surface area contributed by atoms with Crippen LogP contribution in [0.2, 0.25) is 0 Å². The molecule has 1 aliphatic heterocycles. The van der Waals surface area contributed by atoms with E-state index in [2.05, 4.69) is 31.2 Å². The van der Waals surface area contributed by atoms with Gasteiger partial charge in [-0.15, -0.1) is 5.10 Å². The van der Waals surface area contributed by atoms with Gasteiger partial charge in [-0.25, -0.2) is 9.48 Å². The summed E-state index contributed by atoms with van der Waals surface area (Å²) >= 11 is 0. The Kier molecular flexibility index (Phi) is 12.9. The van der Waals surface area contributed by atoms with Crippen molar-refractivity contribution in [3.63, 3.8) is 0 Å². The smallest absolute Gasteiger partial charge is 0.404 e. The molecule has 5 amide bonds. The fourth-order valence-electron chi connectivity index (χ4n) is 7.52. The van der Waals surface area contributed by atoms with Gasteiger partial charge in [0.15, 0.2) is 0 Å². The third kappa shape index (κ3) is 9.75. The summed E-state index contributed by atoms with van der Waals surface area (Å²) in [6.07, 6.45) is 7.49. The standard InChI is InChI=1S/C37H49N9O8/c1-37(2,54)29-20-41-44-46(29)24-19-28(33(49)42-26(31(47)32(38)48)14-8-9-16-40-36(52)53)45(21-24)35(51)27(18-22-10-4-3-5-11-22)43-34(50)30-25-13-7-6-12-23(25)15-17-39-30/h6-7,12-13,15,17,20,22,24,26-28,40,54H,3-5,8-11,14,16,18-19,21H2,1-2H3,(H2,38,48)(H,42,49)(H,43,50)(H,52,53)/t24-,26?,27+,28-/m0/s1. The predicted molar refractivity (Wildman–Crippen MR) is 195 cm³/mol. The number of carboxylic acid groups (broad SMARTS) is 1. The third-order valence-electron chi connectivity index (χ3n) is 10.3. The number of pyridine rings is 1. The number of ketones is 1. The second-order valence-corrected chi connectivity index (χ2v) is 14.7. The Morgan fingerprint density at radius 2 is 1.74 bits per heavy atom. The number of rotatable bonds is 16. The molecule has 1 aliphatic carbocycles. The number of hydrogen-bond acceptors (Lipinski definition) is 10. The van der Waals surface area contributed by atoms with E-state index in [1.165, 1.54) is 22.0 Å². The molecule has 290 valence electrons. The van der Waals surface area contributed by atoms with E-state index in [4.69, 9.17) is 10.8 Å². The molecule has 2 aromatic heterocycles. The van der Waals surface area contributed by atoms with Crippen LogP contribution >= 0.6 is 0 Å². The number of nitrogens with two attached hydrogens (primary N) is 1. The van der Waals surface area contributed by atoms with E-state index >= 15 is 0 Å². The molecule has 2 aliphatic rings. The number of primary amides is 1. The number of benzene rings is 1. The van der Waals surface area contributed by atoms with Gasteiger partial charge in [0, 0.05) is 31.1 Å². The molecular weight excluding hydrogens is 698 g/mol. The van der Waals surface area contributed by atoms with E-state index in [0.717, 1.165) is 37.5 Å². The Hall–Kier alpha value is -5.45. The second-order valence-electron chi connectivity index (χ2n) is 14.7. The van der Waals surface area contributed by atoms with Crippen molar-refractivity contribution in [1.29, 1.82) is 0 Å². The van der Waals surface area contributed by atoms with Crippen molar-refractivity contribution >= 4 is 46.3 Å². The van der Waals surface area contributed by atoms with Gasteiger partial charge in [-0.3, -0.25) is 29.0 Å². The highest BCUT2D eigenvalue weighted by atomic mass is 16.4. The number of fused-ring (bicyclic) bond motifs is 1. The highest BCUT2D eigenvalue weighted by Gasteiger charge is 2.45. The maximum Gasteiger partial charge on any atom is 0.404 e. The molecule has 54 heavy (non-hydrogen) atoms. The van der Waals surface area contributed by atoms with Gasteiger partial charge in [0.1, 0.15) is 23.4 Å². The van der Waals surface area contributed by atoms with Crippen LogP contribution in [-0.4, -0.2) is 102 Å². The van der Waals surface area contributed by atoms with Gasteiger partial charge in [0.2, 0.25) is 17.6 Å². The summed E-state index contributed by atoms with van der Waals surface area (Å²) in [7, 11) is 0.